The van der Waals surface area contributed by atoms with Crippen molar-refractivity contribution in [1.82, 2.24) is 24.9 Å². The van der Waals surface area contributed by atoms with Gasteiger partial charge in [0.05, 0.1) is 34.0 Å². The molecule has 15 heterocycles. The van der Waals surface area contributed by atoms with Gasteiger partial charge in [0.2, 0.25) is 34.2 Å². The summed E-state index contributed by atoms with van der Waals surface area (Å²) in [5, 5.41) is 8.73. The van der Waals surface area contributed by atoms with E-state index in [-0.39, 0.29) is 0 Å². The van der Waals surface area contributed by atoms with Crippen LogP contribution in [0.5, 0.6) is 0 Å². The van der Waals surface area contributed by atoms with E-state index in [9.17, 15) is 0 Å². The quantitative estimate of drug-likeness (QED) is 0.152. The molecule has 15 aromatic heterocycles. The number of pyridine rings is 10. The molecule has 0 aliphatic heterocycles. The van der Waals surface area contributed by atoms with Gasteiger partial charge < -0.3 is 22.1 Å². The first-order valence-corrected chi connectivity index (χ1v) is 34.8. The van der Waals surface area contributed by atoms with Crippen LogP contribution in [0.2, 0.25) is 0 Å². The van der Waals surface area contributed by atoms with E-state index in [2.05, 4.69) is 251 Å². The minimum Gasteiger partial charge on any atom is -0.455 e. The smallest absolute Gasteiger partial charge is 0.227 e. The largest absolute Gasteiger partial charge is 0.455 e. The summed E-state index contributed by atoms with van der Waals surface area (Å²) in [4.78, 5) is 21.7. The van der Waals surface area contributed by atoms with E-state index < -0.39 is 0 Å². The fraction of sp³-hybridized carbons (Fsp3) is 0.111. The Labute approximate surface area is 605 Å². The molecule has 0 N–H and O–H groups in total. The van der Waals surface area contributed by atoms with Crippen LogP contribution < -0.4 is 22.8 Å². The summed E-state index contributed by atoms with van der Waals surface area (Å²) in [5.74, 6) is 0. The van der Waals surface area contributed by atoms with Crippen LogP contribution in [0.25, 0.3) is 166 Å². The summed E-state index contributed by atoms with van der Waals surface area (Å²) in [6.07, 6.45) is 23.0. The number of aromatic nitrogens is 10. The zero-order valence-corrected chi connectivity index (χ0v) is 60.0. The molecule has 0 saturated heterocycles. The first-order chi connectivity index (χ1) is 51.3. The van der Waals surface area contributed by atoms with Gasteiger partial charge in [-0.2, -0.15) is 0 Å². The Morgan fingerprint density at radius 2 is 0.629 bits per heavy atom. The highest BCUT2D eigenvalue weighted by Crippen LogP contribution is 2.41. The van der Waals surface area contributed by atoms with Gasteiger partial charge >= 0.3 is 0 Å². The zero-order valence-electron chi connectivity index (χ0n) is 60.0. The second-order valence-electron chi connectivity index (χ2n) is 26.5. The molecule has 0 spiro atoms. The van der Waals surface area contributed by atoms with Crippen LogP contribution in [0.3, 0.4) is 0 Å². The summed E-state index contributed by atoms with van der Waals surface area (Å²) in [6, 6.07) is 67.8. The Kier molecular flexibility index (Phi) is 17.6. The van der Waals surface area contributed by atoms with Gasteiger partial charge in [0.1, 0.15) is 68.6 Å². The van der Waals surface area contributed by atoms with Crippen molar-refractivity contribution in [1.29, 1.82) is 0 Å². The van der Waals surface area contributed by atoms with E-state index in [1.807, 2.05) is 111 Å². The number of rotatable bonds is 5. The number of furan rings is 5. The van der Waals surface area contributed by atoms with Crippen LogP contribution in [-0.2, 0) is 35.2 Å². The predicted molar refractivity (Wildman–Crippen MR) is 414 cm³/mol. The summed E-state index contributed by atoms with van der Waals surface area (Å²) < 4.78 is 41.0. The molecule has 0 aliphatic rings. The second kappa shape index (κ2) is 27.9. The molecule has 0 unspecified atom stereocenters. The van der Waals surface area contributed by atoms with Gasteiger partial charge in [-0.05, 0) is 147 Å². The maximum atomic E-state index is 6.12. The first-order valence-electron chi connectivity index (χ1n) is 34.8. The van der Waals surface area contributed by atoms with Crippen molar-refractivity contribution < 1.29 is 44.9 Å². The molecule has 105 heavy (non-hydrogen) atoms. The Bertz CT molecular complexity index is 5780. The Morgan fingerprint density at radius 1 is 0.238 bits per heavy atom. The van der Waals surface area contributed by atoms with Crippen molar-refractivity contribution in [2.24, 2.45) is 35.2 Å². The molecule has 0 fully saturated rings. The van der Waals surface area contributed by atoms with Gasteiger partial charge in [-0.25, -0.2) is 27.8 Å². The van der Waals surface area contributed by atoms with Crippen molar-refractivity contribution in [3.8, 4) is 56.3 Å². The molecule has 0 amide bonds. The number of hydrogen-bond acceptors (Lipinski definition) is 10. The molecule has 15 nitrogen and oxygen atoms in total. The molecule has 20 rings (SSSR count). The third kappa shape index (κ3) is 12.2. The van der Waals surface area contributed by atoms with Gasteiger partial charge in [0, 0.05) is 141 Å². The minimum absolute atomic E-state index is 0.693. The van der Waals surface area contributed by atoms with Gasteiger partial charge in [-0.1, -0.05) is 54.6 Å². The molecule has 0 saturated carbocycles. The highest BCUT2D eigenvalue weighted by Gasteiger charge is 2.26. The molecule has 15 heteroatoms. The van der Waals surface area contributed by atoms with Crippen molar-refractivity contribution >= 4 is 110 Å². The average Bonchev–Trinajstić information content (AvgIpc) is 1.62. The zero-order chi connectivity index (χ0) is 72.0. The standard InChI is InChI=1S/5C18H15N2O/c1-12-8-9-13-14-6-5-10-19-18(14)21-17(13)16(12)15-7-3-4-11-20(15)2;1-12-11-19-17-13-7-3-4-9-15(13)21-18(17)16(12)14-8-5-6-10-20(14)2;1-12-8-9-13-17-15(7-5-10-19-17)21-18(13)16(12)14-6-3-4-11-20(14)2;1-12-6-7-14-13-8-9-19-11-16(13)21-18(14)17(12)15-5-3-4-10-20(15)2;1-12-6-7-13-14-11-19-9-8-16(14)21-18(13)17(12)15-5-3-4-10-20(15)2/h5*3-11H,1-2H3/q5*+1. The lowest BCUT2D eigenvalue weighted by Gasteiger charge is -2.04. The number of fused-ring (bicyclic) bond motifs is 15. The molecule has 0 bridgehead atoms. The Balaban J connectivity index is 0.000000101. The lowest BCUT2D eigenvalue weighted by molar-refractivity contribution is -0.660. The summed E-state index contributed by atoms with van der Waals surface area (Å²) in [7, 11) is 10.3. The predicted octanol–water partition coefficient (Wildman–Crippen LogP) is 18.9. The lowest BCUT2D eigenvalue weighted by atomic mass is 10.0. The van der Waals surface area contributed by atoms with E-state index in [1.54, 1.807) is 31.0 Å². The third-order valence-corrected chi connectivity index (χ3v) is 19.7. The van der Waals surface area contributed by atoms with Crippen LogP contribution >= 0.6 is 0 Å². The van der Waals surface area contributed by atoms with E-state index in [4.69, 9.17) is 22.1 Å². The first kappa shape index (κ1) is 66.2. The molecular formula is C90H75N10O5+5. The monoisotopic (exact) mass is 1380 g/mol. The number of para-hydroxylation sites is 1. The van der Waals surface area contributed by atoms with E-state index >= 15 is 0 Å². The van der Waals surface area contributed by atoms with Crippen molar-refractivity contribution in [2.45, 2.75) is 34.6 Å². The topological polar surface area (TPSA) is 150 Å². The average molecular weight is 1380 g/mol. The maximum absolute atomic E-state index is 6.12. The van der Waals surface area contributed by atoms with Gasteiger partial charge in [0.25, 0.3) is 0 Å². The Morgan fingerprint density at radius 3 is 1.18 bits per heavy atom. The summed E-state index contributed by atoms with van der Waals surface area (Å²) in [5.41, 5.74) is 27.8. The normalized spacial score (nSPS) is 11.3. The molecule has 20 aromatic rings. The van der Waals surface area contributed by atoms with Gasteiger partial charge in [0.15, 0.2) is 58.9 Å². The Hall–Kier alpha value is -13.4. The fourth-order valence-corrected chi connectivity index (χ4v) is 14.3. The number of nitrogens with zero attached hydrogens (tertiary/aromatic N) is 10. The number of aryl methyl sites for hydroxylation is 10. The summed E-state index contributed by atoms with van der Waals surface area (Å²) >= 11 is 0. The third-order valence-electron chi connectivity index (χ3n) is 19.7. The van der Waals surface area contributed by atoms with Crippen molar-refractivity contribution in [3.05, 3.63) is 302 Å². The molecule has 0 radical (unpaired) electrons. The highest BCUT2D eigenvalue weighted by atomic mass is 16.3. The molecule has 5 aromatic carbocycles. The van der Waals surface area contributed by atoms with Crippen LogP contribution in [0.15, 0.2) is 297 Å². The van der Waals surface area contributed by atoms with Crippen LogP contribution in [-0.4, -0.2) is 24.9 Å². The van der Waals surface area contributed by atoms with Crippen LogP contribution in [0.4, 0.5) is 0 Å². The van der Waals surface area contributed by atoms with Crippen molar-refractivity contribution in [3.63, 3.8) is 0 Å². The van der Waals surface area contributed by atoms with Gasteiger partial charge in [-0.3, -0.25) is 19.9 Å². The minimum atomic E-state index is 0.693. The second-order valence-corrected chi connectivity index (χ2v) is 26.5. The van der Waals surface area contributed by atoms with Crippen molar-refractivity contribution in [2.75, 3.05) is 0 Å². The number of benzene rings is 5. The van der Waals surface area contributed by atoms with Gasteiger partial charge in [-0.15, -0.1) is 0 Å². The van der Waals surface area contributed by atoms with Crippen LogP contribution in [0, 0.1) is 34.6 Å². The van der Waals surface area contributed by atoms with E-state index in [0.29, 0.717) is 5.71 Å². The van der Waals surface area contributed by atoms with E-state index in [1.165, 1.54) is 22.3 Å². The maximum Gasteiger partial charge on any atom is 0.227 e. The lowest BCUT2D eigenvalue weighted by Crippen LogP contribution is -2.30. The molecular weight excluding hydrogens is 1300 g/mol. The summed E-state index contributed by atoms with van der Waals surface area (Å²) in [6.45, 7) is 10.5. The highest BCUT2D eigenvalue weighted by molar-refractivity contribution is 6.12. The molecule has 0 atom stereocenters. The molecule has 510 valence electrons. The van der Waals surface area contributed by atoms with Crippen LogP contribution in [0.1, 0.15) is 27.8 Å². The number of hydrogen-bond donors (Lipinski definition) is 0. The molecule has 0 aliphatic carbocycles. The fourth-order valence-electron chi connectivity index (χ4n) is 14.3. The SMILES string of the molecule is Cc1ccc2c(oc3cccnc32)c1-c1cccc[n+]1C.Cc1ccc2c(oc3ccncc32)c1-c1cccc[n+]1C.Cc1ccc2c(oc3cnccc32)c1-c1cccc[n+]1C.Cc1ccc2c(oc3ncccc32)c1-c1cccc[n+]1C.Cc1cnc2c(oc3ccccc32)c1-c1cccc[n+]1C. The van der Waals surface area contributed by atoms with E-state index in [0.717, 1.165) is 166 Å².